The topological polar surface area (TPSA) is 105 Å². The summed E-state index contributed by atoms with van der Waals surface area (Å²) in [5, 5.41) is 3.54. The van der Waals surface area contributed by atoms with Crippen molar-refractivity contribution >= 4 is 10.4 Å². The van der Waals surface area contributed by atoms with Gasteiger partial charge in [0.2, 0.25) is 0 Å². The van der Waals surface area contributed by atoms with Crippen molar-refractivity contribution in [2.75, 3.05) is 27.2 Å². The summed E-state index contributed by atoms with van der Waals surface area (Å²) in [6.45, 7) is 2.45. The van der Waals surface area contributed by atoms with Crippen LogP contribution >= 0.6 is 0 Å². The zero-order valence-corrected chi connectivity index (χ0v) is 12.4. The summed E-state index contributed by atoms with van der Waals surface area (Å²) in [4.78, 5) is 2.44. The molecule has 0 aliphatic carbocycles. The fourth-order valence-corrected chi connectivity index (χ4v) is 1.89. The van der Waals surface area contributed by atoms with Gasteiger partial charge in [-0.15, -0.1) is 0 Å². The Balaban J connectivity index is 0.000000350. The van der Waals surface area contributed by atoms with E-state index < -0.39 is 10.4 Å². The molecule has 0 bridgehead atoms. The molecule has 4 N–H and O–H groups in total. The van der Waals surface area contributed by atoms with Crippen LogP contribution in [0.25, 0.3) is 0 Å². The first-order chi connectivity index (χ1) is 9.03. The van der Waals surface area contributed by atoms with Crippen LogP contribution in [0.2, 0.25) is 0 Å². The van der Waals surface area contributed by atoms with E-state index in [0.717, 1.165) is 7.11 Å². The number of fused-ring (bicyclic) bond motifs is 1. The summed E-state index contributed by atoms with van der Waals surface area (Å²) in [5.41, 5.74) is 4.50. The number of allylic oxidation sites excluding steroid dienone is 1. The Bertz CT molecular complexity index is 346. The molecule has 0 aromatic heterocycles. The van der Waals surface area contributed by atoms with Crippen LogP contribution < -0.4 is 11.1 Å². The third-order valence-electron chi connectivity index (χ3n) is 2.73. The zero-order chi connectivity index (χ0) is 14.7. The van der Waals surface area contributed by atoms with E-state index in [1.54, 1.807) is 0 Å². The fourth-order valence-electron chi connectivity index (χ4n) is 1.89. The molecule has 2 aliphatic heterocycles. The normalized spacial score (nSPS) is 22.1. The molecule has 1 saturated heterocycles. The van der Waals surface area contributed by atoms with Crippen molar-refractivity contribution in [1.29, 1.82) is 0 Å². The van der Waals surface area contributed by atoms with Crippen molar-refractivity contribution in [1.82, 2.24) is 10.2 Å². The highest BCUT2D eigenvalue weighted by Crippen LogP contribution is 2.15. The summed E-state index contributed by atoms with van der Waals surface area (Å²) < 4.78 is 29.7. The smallest absolute Gasteiger partial charge is 0.362 e. The Morgan fingerprint density at radius 1 is 1.42 bits per heavy atom. The second kappa shape index (κ2) is 10.2. The maximum Gasteiger partial charge on any atom is 0.397 e. The Morgan fingerprint density at radius 3 is 2.63 bits per heavy atom. The predicted molar refractivity (Wildman–Crippen MR) is 74.8 cm³/mol. The lowest BCUT2D eigenvalue weighted by Gasteiger charge is -2.34. The quantitative estimate of drug-likeness (QED) is 0.598. The molecule has 0 saturated carbocycles. The maximum absolute atomic E-state index is 9.33. The minimum atomic E-state index is -4.16. The van der Waals surface area contributed by atoms with E-state index in [9.17, 15) is 8.42 Å². The molecule has 0 amide bonds. The molecule has 0 spiro atoms. The molecular formula is C11H25N3O4S. The van der Waals surface area contributed by atoms with E-state index in [1.165, 1.54) is 45.8 Å². The maximum atomic E-state index is 9.33. The van der Waals surface area contributed by atoms with E-state index >= 15 is 0 Å². The lowest BCUT2D eigenvalue weighted by Crippen LogP contribution is -2.48. The van der Waals surface area contributed by atoms with Gasteiger partial charge in [-0.3, -0.25) is 14.1 Å². The van der Waals surface area contributed by atoms with Crippen LogP contribution in [0.4, 0.5) is 0 Å². The van der Waals surface area contributed by atoms with E-state index in [0.29, 0.717) is 6.17 Å². The van der Waals surface area contributed by atoms with Gasteiger partial charge in [-0.2, -0.15) is 8.42 Å². The number of hydrogen-bond acceptors (Lipinski definition) is 6. The molecule has 2 heterocycles. The molecule has 114 valence electrons. The highest BCUT2D eigenvalue weighted by molar-refractivity contribution is 7.80. The SMILES string of the molecule is C1=CN2CCCNC2CCC1.CN.COS(=O)(=O)O. The van der Waals surface area contributed by atoms with Crippen molar-refractivity contribution in [3.8, 4) is 0 Å². The van der Waals surface area contributed by atoms with Gasteiger partial charge in [0.25, 0.3) is 0 Å². The average molecular weight is 295 g/mol. The Morgan fingerprint density at radius 2 is 2.05 bits per heavy atom. The van der Waals surface area contributed by atoms with Crippen molar-refractivity contribution in [2.45, 2.75) is 31.8 Å². The number of nitrogens with one attached hydrogen (secondary N) is 1. The molecule has 7 nitrogen and oxygen atoms in total. The molecule has 2 rings (SSSR count). The predicted octanol–water partition coefficient (Wildman–Crippen LogP) is 0.316. The molecule has 2 aliphatic rings. The lowest BCUT2D eigenvalue weighted by atomic mass is 10.2. The van der Waals surface area contributed by atoms with Gasteiger partial charge in [-0.05, 0) is 45.5 Å². The molecular weight excluding hydrogens is 270 g/mol. The summed E-state index contributed by atoms with van der Waals surface area (Å²) in [6, 6.07) is 0. The van der Waals surface area contributed by atoms with Crippen LogP contribution in [0.15, 0.2) is 12.3 Å². The van der Waals surface area contributed by atoms with Crippen LogP contribution in [-0.4, -0.2) is 51.3 Å². The summed E-state index contributed by atoms with van der Waals surface area (Å²) in [5.74, 6) is 0. The third kappa shape index (κ3) is 8.95. The van der Waals surface area contributed by atoms with Gasteiger partial charge >= 0.3 is 10.4 Å². The van der Waals surface area contributed by atoms with E-state index in [2.05, 4.69) is 32.4 Å². The van der Waals surface area contributed by atoms with Gasteiger partial charge in [-0.1, -0.05) is 6.08 Å². The van der Waals surface area contributed by atoms with Crippen LogP contribution in [0, 0.1) is 0 Å². The summed E-state index contributed by atoms with van der Waals surface area (Å²) in [7, 11) is -1.79. The van der Waals surface area contributed by atoms with Gasteiger partial charge in [0.1, 0.15) is 0 Å². The molecule has 1 unspecified atom stereocenters. The molecule has 1 fully saturated rings. The fraction of sp³-hybridized carbons (Fsp3) is 0.818. The largest absolute Gasteiger partial charge is 0.397 e. The number of nitrogens with zero attached hydrogens (tertiary/aromatic N) is 1. The zero-order valence-electron chi connectivity index (χ0n) is 11.6. The van der Waals surface area contributed by atoms with Crippen molar-refractivity contribution in [3.63, 3.8) is 0 Å². The molecule has 1 atom stereocenters. The molecule has 0 aromatic carbocycles. The van der Waals surface area contributed by atoms with Gasteiger partial charge in [0, 0.05) is 6.54 Å². The molecule has 8 heteroatoms. The summed E-state index contributed by atoms with van der Waals surface area (Å²) >= 11 is 0. The Labute approximate surface area is 115 Å². The van der Waals surface area contributed by atoms with E-state index in [4.69, 9.17) is 4.55 Å². The third-order valence-corrected chi connectivity index (χ3v) is 3.15. The van der Waals surface area contributed by atoms with Crippen molar-refractivity contribution in [3.05, 3.63) is 12.3 Å². The lowest BCUT2D eigenvalue weighted by molar-refractivity contribution is 0.184. The first-order valence-corrected chi connectivity index (χ1v) is 7.66. The van der Waals surface area contributed by atoms with Gasteiger partial charge in [0.15, 0.2) is 0 Å². The minimum absolute atomic E-state index is 0.641. The van der Waals surface area contributed by atoms with Crippen molar-refractivity contribution < 1.29 is 17.2 Å². The van der Waals surface area contributed by atoms with E-state index in [1.807, 2.05) is 0 Å². The monoisotopic (exact) mass is 295 g/mol. The van der Waals surface area contributed by atoms with Crippen LogP contribution in [0.5, 0.6) is 0 Å². The Kier molecular flexibility index (Phi) is 9.80. The van der Waals surface area contributed by atoms with Crippen LogP contribution in [0.1, 0.15) is 25.7 Å². The Hall–Kier alpha value is -0.670. The minimum Gasteiger partial charge on any atom is -0.362 e. The molecule has 0 aromatic rings. The molecule has 19 heavy (non-hydrogen) atoms. The second-order valence-electron chi connectivity index (χ2n) is 3.97. The highest BCUT2D eigenvalue weighted by atomic mass is 32.3. The number of hydrogen-bond donors (Lipinski definition) is 3. The standard InChI is InChI=1S/C9H16N2.CH5N.CH4O4S/c1-2-5-9-10-6-4-8-11(9)7-3-1;1-2;1-5-6(2,3)4/h3,7,9-10H,1-2,4-6,8H2;2H2,1H3;1H3,(H,2,3,4). The van der Waals surface area contributed by atoms with Crippen molar-refractivity contribution in [2.24, 2.45) is 5.73 Å². The number of nitrogens with two attached hydrogens (primary N) is 1. The number of rotatable bonds is 1. The first kappa shape index (κ1) is 18.3. The van der Waals surface area contributed by atoms with Crippen LogP contribution in [-0.2, 0) is 14.6 Å². The second-order valence-corrected chi connectivity index (χ2v) is 5.16. The highest BCUT2D eigenvalue weighted by Gasteiger charge is 2.19. The van der Waals surface area contributed by atoms with Gasteiger partial charge < -0.3 is 10.6 Å². The average Bonchev–Trinajstić information content (AvgIpc) is 2.66. The molecule has 0 radical (unpaired) electrons. The summed E-state index contributed by atoms with van der Waals surface area (Å²) in [6.07, 6.45) is 10.4. The first-order valence-electron chi connectivity index (χ1n) is 6.29. The van der Waals surface area contributed by atoms with E-state index in [-0.39, 0.29) is 0 Å². The van der Waals surface area contributed by atoms with Crippen LogP contribution in [0.3, 0.4) is 0 Å². The van der Waals surface area contributed by atoms with Gasteiger partial charge in [0.05, 0.1) is 13.3 Å². The van der Waals surface area contributed by atoms with Gasteiger partial charge in [-0.25, -0.2) is 0 Å².